The average Bonchev–Trinajstić information content (AvgIpc) is 2.60. The van der Waals surface area contributed by atoms with Crippen LogP contribution in [0.3, 0.4) is 0 Å². The maximum absolute atomic E-state index is 12.4. The van der Waals surface area contributed by atoms with Crippen molar-refractivity contribution in [3.05, 3.63) is 0 Å². The zero-order valence-electron chi connectivity index (χ0n) is 15.1. The molecule has 2 aliphatic rings. The van der Waals surface area contributed by atoms with Crippen LogP contribution in [0.5, 0.6) is 0 Å². The molecule has 2 fully saturated rings. The van der Waals surface area contributed by atoms with Crippen LogP contribution < -0.4 is 10.6 Å². The average molecular weight is 375 g/mol. The predicted octanol–water partition coefficient (Wildman–Crippen LogP) is 0.528. The van der Waals surface area contributed by atoms with Gasteiger partial charge in [-0.25, -0.2) is 0 Å². The minimum Gasteiger partial charge on any atom is -0.356 e. The maximum atomic E-state index is 12.4. The standard InChI is InChI=1S/C17H30N4O3.ClH/c1-2-8-19-15(22)6-3-7-16(23)20-10-4-5-14(13-20)21-11-9-18-12-17(21)24;/h14,18H,2-13H2,1H3,(H,19,22);1H. The molecule has 3 amide bonds. The second-order valence-corrected chi connectivity index (χ2v) is 6.60. The van der Waals surface area contributed by atoms with Crippen molar-refractivity contribution in [3.63, 3.8) is 0 Å². The minimum absolute atomic E-state index is 0. The molecule has 0 aliphatic carbocycles. The van der Waals surface area contributed by atoms with Gasteiger partial charge in [-0.05, 0) is 25.7 Å². The van der Waals surface area contributed by atoms with Gasteiger partial charge in [0, 0.05) is 51.6 Å². The SMILES string of the molecule is CCCNC(=O)CCCC(=O)N1CCCC(N2CCNCC2=O)C1.Cl. The fourth-order valence-corrected chi connectivity index (χ4v) is 3.35. The lowest BCUT2D eigenvalue weighted by Gasteiger charge is -2.41. The molecule has 8 heteroatoms. The summed E-state index contributed by atoms with van der Waals surface area (Å²) in [6.07, 6.45) is 4.22. The Morgan fingerprint density at radius 3 is 2.80 bits per heavy atom. The van der Waals surface area contributed by atoms with Gasteiger partial charge in [-0.15, -0.1) is 12.4 Å². The van der Waals surface area contributed by atoms with Crippen molar-refractivity contribution in [3.8, 4) is 0 Å². The van der Waals surface area contributed by atoms with E-state index in [1.165, 1.54) is 0 Å². The van der Waals surface area contributed by atoms with E-state index in [1.807, 2.05) is 16.7 Å². The van der Waals surface area contributed by atoms with E-state index < -0.39 is 0 Å². The van der Waals surface area contributed by atoms with Gasteiger partial charge in [-0.1, -0.05) is 6.92 Å². The number of piperidine rings is 1. The highest BCUT2D eigenvalue weighted by Crippen LogP contribution is 2.18. The summed E-state index contributed by atoms with van der Waals surface area (Å²) in [5.74, 6) is 0.256. The molecule has 2 heterocycles. The smallest absolute Gasteiger partial charge is 0.236 e. The number of carbonyl (C=O) groups is 3. The number of likely N-dealkylation sites (tertiary alicyclic amines) is 1. The number of rotatable bonds is 7. The van der Waals surface area contributed by atoms with Gasteiger partial charge in [0.15, 0.2) is 0 Å². The van der Waals surface area contributed by atoms with E-state index in [9.17, 15) is 14.4 Å². The third kappa shape index (κ3) is 6.82. The van der Waals surface area contributed by atoms with E-state index in [1.54, 1.807) is 0 Å². The highest BCUT2D eigenvalue weighted by molar-refractivity contribution is 5.85. The van der Waals surface area contributed by atoms with Crippen LogP contribution in [-0.2, 0) is 14.4 Å². The molecule has 0 aromatic heterocycles. The molecule has 25 heavy (non-hydrogen) atoms. The Labute approximate surface area is 156 Å². The number of hydrogen-bond donors (Lipinski definition) is 2. The molecule has 0 spiro atoms. The van der Waals surface area contributed by atoms with E-state index in [0.29, 0.717) is 38.9 Å². The van der Waals surface area contributed by atoms with Gasteiger partial charge in [0.1, 0.15) is 0 Å². The van der Waals surface area contributed by atoms with Crippen LogP contribution >= 0.6 is 12.4 Å². The molecule has 1 unspecified atom stereocenters. The first-order valence-electron chi connectivity index (χ1n) is 9.16. The number of piperazine rings is 1. The molecule has 0 bridgehead atoms. The summed E-state index contributed by atoms with van der Waals surface area (Å²) in [5, 5.41) is 5.91. The van der Waals surface area contributed by atoms with Crippen LogP contribution in [0.4, 0.5) is 0 Å². The molecule has 0 aromatic carbocycles. The molecule has 1 atom stereocenters. The highest BCUT2D eigenvalue weighted by Gasteiger charge is 2.31. The number of halogens is 1. The number of hydrogen-bond acceptors (Lipinski definition) is 4. The molecule has 2 rings (SSSR count). The zero-order chi connectivity index (χ0) is 17.4. The number of amides is 3. The van der Waals surface area contributed by atoms with Crippen LogP contribution in [0.25, 0.3) is 0 Å². The molecule has 144 valence electrons. The van der Waals surface area contributed by atoms with E-state index in [0.717, 1.165) is 38.9 Å². The summed E-state index contributed by atoms with van der Waals surface area (Å²) in [6.45, 7) is 6.05. The number of nitrogens with one attached hydrogen (secondary N) is 2. The number of nitrogens with zero attached hydrogens (tertiary/aromatic N) is 2. The third-order valence-corrected chi connectivity index (χ3v) is 4.68. The summed E-state index contributed by atoms with van der Waals surface area (Å²) in [5.41, 5.74) is 0. The molecule has 2 aliphatic heterocycles. The lowest BCUT2D eigenvalue weighted by molar-refractivity contribution is -0.140. The van der Waals surface area contributed by atoms with E-state index >= 15 is 0 Å². The molecular formula is C17H31ClN4O3. The van der Waals surface area contributed by atoms with Crippen molar-refractivity contribution >= 4 is 30.1 Å². The summed E-state index contributed by atoms with van der Waals surface area (Å²) < 4.78 is 0. The number of carbonyl (C=O) groups excluding carboxylic acids is 3. The van der Waals surface area contributed by atoms with Crippen LogP contribution in [0.15, 0.2) is 0 Å². The van der Waals surface area contributed by atoms with Gasteiger partial charge in [0.05, 0.1) is 6.54 Å². The molecule has 0 aromatic rings. The summed E-state index contributed by atoms with van der Waals surface area (Å²) >= 11 is 0. The Bertz CT molecular complexity index is 461. The minimum atomic E-state index is 0. The lowest BCUT2D eigenvalue weighted by Crippen LogP contribution is -2.57. The fraction of sp³-hybridized carbons (Fsp3) is 0.824. The second-order valence-electron chi connectivity index (χ2n) is 6.60. The van der Waals surface area contributed by atoms with Crippen LogP contribution in [0, 0.1) is 0 Å². The van der Waals surface area contributed by atoms with Crippen LogP contribution in [0.1, 0.15) is 45.4 Å². The van der Waals surface area contributed by atoms with Gasteiger partial charge in [0.25, 0.3) is 0 Å². The first-order chi connectivity index (χ1) is 11.6. The Balaban J connectivity index is 0.00000312. The van der Waals surface area contributed by atoms with E-state index in [-0.39, 0.29) is 36.2 Å². The van der Waals surface area contributed by atoms with Gasteiger partial charge < -0.3 is 20.4 Å². The fourth-order valence-electron chi connectivity index (χ4n) is 3.35. The van der Waals surface area contributed by atoms with Crippen molar-refractivity contribution in [2.24, 2.45) is 0 Å². The molecule has 7 nitrogen and oxygen atoms in total. The van der Waals surface area contributed by atoms with Gasteiger partial charge in [-0.2, -0.15) is 0 Å². The molecule has 0 radical (unpaired) electrons. The van der Waals surface area contributed by atoms with Crippen molar-refractivity contribution in [2.45, 2.75) is 51.5 Å². The van der Waals surface area contributed by atoms with Gasteiger partial charge >= 0.3 is 0 Å². The van der Waals surface area contributed by atoms with Gasteiger partial charge in [-0.3, -0.25) is 14.4 Å². The Morgan fingerprint density at radius 2 is 2.08 bits per heavy atom. The van der Waals surface area contributed by atoms with Crippen molar-refractivity contribution in [1.29, 1.82) is 0 Å². The second kappa shape index (κ2) is 11.3. The molecule has 0 saturated carbocycles. The molecule has 2 N–H and O–H groups in total. The largest absolute Gasteiger partial charge is 0.356 e. The van der Waals surface area contributed by atoms with E-state index in [2.05, 4.69) is 10.6 Å². The summed E-state index contributed by atoms with van der Waals surface area (Å²) in [6, 6.07) is 0.144. The molecule has 2 saturated heterocycles. The first kappa shape index (κ1) is 21.7. The molecular weight excluding hydrogens is 344 g/mol. The quantitative estimate of drug-likeness (QED) is 0.681. The zero-order valence-corrected chi connectivity index (χ0v) is 15.9. The van der Waals surface area contributed by atoms with Gasteiger partial charge in [0.2, 0.25) is 17.7 Å². The normalized spacial score (nSPS) is 20.8. The van der Waals surface area contributed by atoms with Crippen molar-refractivity contribution in [1.82, 2.24) is 20.4 Å². The highest BCUT2D eigenvalue weighted by atomic mass is 35.5. The Morgan fingerprint density at radius 1 is 1.28 bits per heavy atom. The lowest BCUT2D eigenvalue weighted by atomic mass is 10.0. The third-order valence-electron chi connectivity index (χ3n) is 4.68. The monoisotopic (exact) mass is 374 g/mol. The summed E-state index contributed by atoms with van der Waals surface area (Å²) in [4.78, 5) is 39.8. The van der Waals surface area contributed by atoms with Crippen molar-refractivity contribution < 1.29 is 14.4 Å². The Hall–Kier alpha value is -1.34. The first-order valence-corrected chi connectivity index (χ1v) is 9.16. The summed E-state index contributed by atoms with van der Waals surface area (Å²) in [7, 11) is 0. The van der Waals surface area contributed by atoms with Crippen LogP contribution in [-0.4, -0.2) is 72.8 Å². The topological polar surface area (TPSA) is 81.8 Å². The van der Waals surface area contributed by atoms with Crippen molar-refractivity contribution in [2.75, 3.05) is 39.3 Å². The predicted molar refractivity (Wildman–Crippen MR) is 98.6 cm³/mol. The van der Waals surface area contributed by atoms with E-state index in [4.69, 9.17) is 0 Å². The maximum Gasteiger partial charge on any atom is 0.236 e. The van der Waals surface area contributed by atoms with Crippen LogP contribution in [0.2, 0.25) is 0 Å². The Kier molecular flexibility index (Phi) is 9.82.